The summed E-state index contributed by atoms with van der Waals surface area (Å²) in [6, 6.07) is 8.11. The third kappa shape index (κ3) is 4.26. The first kappa shape index (κ1) is 19.1. The van der Waals surface area contributed by atoms with Gasteiger partial charge < -0.3 is 10.1 Å². The van der Waals surface area contributed by atoms with Crippen molar-refractivity contribution < 1.29 is 19.1 Å². The molecule has 7 nitrogen and oxygen atoms in total. The fraction of sp³-hybridized carbons (Fsp3) is 0.222. The minimum absolute atomic E-state index is 0.142. The molecule has 0 spiro atoms. The number of carbonyl (C=O) groups excluding carboxylic acids is 3. The van der Waals surface area contributed by atoms with Gasteiger partial charge in [0.2, 0.25) is 0 Å². The molecule has 0 fully saturated rings. The highest BCUT2D eigenvalue weighted by molar-refractivity contribution is 7.16. The molecule has 0 aliphatic carbocycles. The summed E-state index contributed by atoms with van der Waals surface area (Å²) in [5.41, 5.74) is 1.69. The van der Waals surface area contributed by atoms with Crippen molar-refractivity contribution in [3.05, 3.63) is 51.4 Å². The van der Waals surface area contributed by atoms with Crippen molar-refractivity contribution in [3.63, 3.8) is 0 Å². The lowest BCUT2D eigenvalue weighted by Gasteiger charge is -2.08. The van der Waals surface area contributed by atoms with Gasteiger partial charge in [0, 0.05) is 10.4 Å². The zero-order chi connectivity index (χ0) is 19.3. The van der Waals surface area contributed by atoms with Crippen molar-refractivity contribution in [3.8, 4) is 6.07 Å². The van der Waals surface area contributed by atoms with Gasteiger partial charge in [0.1, 0.15) is 5.00 Å². The maximum atomic E-state index is 12.4. The minimum atomic E-state index is -0.842. The normalized spacial score (nSPS) is 9.92. The van der Waals surface area contributed by atoms with E-state index in [2.05, 4.69) is 10.6 Å². The number of rotatable bonds is 4. The predicted octanol–water partition coefficient (Wildman–Crippen LogP) is 3.38. The molecule has 1 aromatic heterocycles. The average Bonchev–Trinajstić information content (AvgIpc) is 2.88. The van der Waals surface area contributed by atoms with Crippen LogP contribution >= 0.6 is 11.3 Å². The SMILES string of the molecule is CCOC(=O)NC(=O)c1c(NC(=O)c2ccc(C#N)cc2)sc(C)c1C. The number of aryl methyl sites for hydroxylation is 1. The lowest BCUT2D eigenvalue weighted by Crippen LogP contribution is -2.31. The van der Waals surface area contributed by atoms with E-state index in [-0.39, 0.29) is 12.2 Å². The Morgan fingerprint density at radius 3 is 2.38 bits per heavy atom. The zero-order valence-electron chi connectivity index (χ0n) is 14.5. The van der Waals surface area contributed by atoms with Crippen molar-refractivity contribution >= 4 is 34.2 Å². The molecule has 0 saturated carbocycles. The number of imide groups is 1. The van der Waals surface area contributed by atoms with Crippen LogP contribution in [-0.4, -0.2) is 24.5 Å². The number of thiophene rings is 1. The van der Waals surface area contributed by atoms with Gasteiger partial charge in [-0.15, -0.1) is 11.3 Å². The maximum Gasteiger partial charge on any atom is 0.414 e. The van der Waals surface area contributed by atoms with Crippen molar-refractivity contribution in [1.82, 2.24) is 5.32 Å². The number of benzene rings is 1. The van der Waals surface area contributed by atoms with Crippen molar-refractivity contribution in [1.29, 1.82) is 5.26 Å². The smallest absolute Gasteiger partial charge is 0.414 e. The number of ether oxygens (including phenoxy) is 1. The maximum absolute atomic E-state index is 12.4. The van der Waals surface area contributed by atoms with Gasteiger partial charge in [-0.05, 0) is 50.6 Å². The van der Waals surface area contributed by atoms with Gasteiger partial charge in [-0.25, -0.2) is 4.79 Å². The van der Waals surface area contributed by atoms with E-state index in [0.717, 1.165) is 4.88 Å². The van der Waals surface area contributed by atoms with E-state index >= 15 is 0 Å². The molecule has 2 rings (SSSR count). The molecule has 2 N–H and O–H groups in total. The molecule has 0 unspecified atom stereocenters. The van der Waals surface area contributed by atoms with Gasteiger partial charge in [-0.3, -0.25) is 14.9 Å². The highest BCUT2D eigenvalue weighted by atomic mass is 32.1. The quantitative estimate of drug-likeness (QED) is 0.856. The first-order valence-electron chi connectivity index (χ1n) is 7.77. The molecule has 0 aliphatic rings. The molecule has 0 saturated heterocycles. The molecule has 0 radical (unpaired) electrons. The van der Waals surface area contributed by atoms with E-state index in [1.165, 1.54) is 35.6 Å². The summed E-state index contributed by atoms with van der Waals surface area (Å²) >= 11 is 1.24. The Morgan fingerprint density at radius 2 is 1.81 bits per heavy atom. The zero-order valence-corrected chi connectivity index (χ0v) is 15.3. The fourth-order valence-corrected chi connectivity index (χ4v) is 3.24. The fourth-order valence-electron chi connectivity index (χ4n) is 2.18. The number of carbonyl (C=O) groups is 3. The van der Waals surface area contributed by atoms with Crippen molar-refractivity contribution in [2.24, 2.45) is 0 Å². The molecule has 0 bridgehead atoms. The second-order valence-corrected chi connectivity index (χ2v) is 6.53. The summed E-state index contributed by atoms with van der Waals surface area (Å²) < 4.78 is 4.71. The van der Waals surface area contributed by atoms with Crippen LogP contribution in [0.4, 0.5) is 9.80 Å². The van der Waals surface area contributed by atoms with Gasteiger partial charge in [-0.2, -0.15) is 5.26 Å². The van der Waals surface area contributed by atoms with Crippen molar-refractivity contribution in [2.45, 2.75) is 20.8 Å². The summed E-state index contributed by atoms with van der Waals surface area (Å²) in [6.45, 7) is 5.33. The average molecular weight is 371 g/mol. The summed E-state index contributed by atoms with van der Waals surface area (Å²) in [7, 11) is 0. The van der Waals surface area contributed by atoms with Gasteiger partial charge >= 0.3 is 6.09 Å². The van der Waals surface area contributed by atoms with Crippen LogP contribution in [0.15, 0.2) is 24.3 Å². The Bertz CT molecular complexity index is 894. The lowest BCUT2D eigenvalue weighted by atomic mass is 10.1. The highest BCUT2D eigenvalue weighted by Gasteiger charge is 2.23. The summed E-state index contributed by atoms with van der Waals surface area (Å²) in [4.78, 5) is 37.2. The Hall–Kier alpha value is -3.18. The van der Waals surface area contributed by atoms with Gasteiger partial charge in [0.15, 0.2) is 0 Å². The Balaban J connectivity index is 2.25. The number of amides is 3. The number of alkyl carbamates (subject to hydrolysis) is 1. The monoisotopic (exact) mass is 371 g/mol. The summed E-state index contributed by atoms with van der Waals surface area (Å²) in [5, 5.41) is 14.0. The molecule has 0 atom stereocenters. The predicted molar refractivity (Wildman–Crippen MR) is 97.4 cm³/mol. The van der Waals surface area contributed by atoms with E-state index in [1.54, 1.807) is 13.8 Å². The van der Waals surface area contributed by atoms with Crippen LogP contribution in [0.2, 0.25) is 0 Å². The number of hydrogen-bond donors (Lipinski definition) is 2. The van der Waals surface area contributed by atoms with Gasteiger partial charge in [-0.1, -0.05) is 0 Å². The van der Waals surface area contributed by atoms with Crippen molar-refractivity contribution in [2.75, 3.05) is 11.9 Å². The number of nitriles is 1. The van der Waals surface area contributed by atoms with E-state index in [4.69, 9.17) is 10.00 Å². The molecule has 1 aromatic carbocycles. The number of nitrogens with zero attached hydrogens (tertiary/aromatic N) is 1. The largest absolute Gasteiger partial charge is 0.450 e. The topological polar surface area (TPSA) is 108 Å². The standard InChI is InChI=1S/C18H17N3O4S/c1-4-25-18(24)21-16(23)14-10(2)11(3)26-17(14)20-15(22)13-7-5-12(9-19)6-8-13/h5-8H,4H2,1-3H3,(H,20,22)(H,21,23,24). The van der Waals surface area contributed by atoms with E-state index in [1.807, 2.05) is 13.0 Å². The molecule has 134 valence electrons. The Labute approximate surface area is 154 Å². The van der Waals surface area contributed by atoms with Gasteiger partial charge in [0.25, 0.3) is 11.8 Å². The van der Waals surface area contributed by atoms with Crippen LogP contribution in [0.25, 0.3) is 0 Å². The number of hydrogen-bond acceptors (Lipinski definition) is 6. The van der Waals surface area contributed by atoms with Crippen LogP contribution in [0.3, 0.4) is 0 Å². The molecule has 3 amide bonds. The van der Waals surface area contributed by atoms with Crippen LogP contribution in [0, 0.1) is 25.2 Å². The first-order valence-corrected chi connectivity index (χ1v) is 8.58. The summed E-state index contributed by atoms with van der Waals surface area (Å²) in [6.07, 6.45) is -0.842. The second-order valence-electron chi connectivity index (χ2n) is 5.31. The second kappa shape index (κ2) is 8.27. The number of anilines is 1. The Morgan fingerprint density at radius 1 is 1.15 bits per heavy atom. The van der Waals surface area contributed by atoms with Crippen LogP contribution in [-0.2, 0) is 4.74 Å². The van der Waals surface area contributed by atoms with Crippen LogP contribution in [0.1, 0.15) is 43.6 Å². The highest BCUT2D eigenvalue weighted by Crippen LogP contribution is 2.32. The van der Waals surface area contributed by atoms with E-state index < -0.39 is 17.9 Å². The molecule has 2 aromatic rings. The first-order chi connectivity index (χ1) is 12.4. The lowest BCUT2D eigenvalue weighted by molar-refractivity contribution is 0.0925. The van der Waals surface area contributed by atoms with E-state index in [9.17, 15) is 14.4 Å². The van der Waals surface area contributed by atoms with E-state index in [0.29, 0.717) is 21.7 Å². The Kier molecular flexibility index (Phi) is 6.09. The number of nitrogens with one attached hydrogen (secondary N) is 2. The molecule has 0 aliphatic heterocycles. The minimum Gasteiger partial charge on any atom is -0.450 e. The molecular weight excluding hydrogens is 354 g/mol. The molecule has 8 heteroatoms. The molecular formula is C18H17N3O4S. The third-order valence-corrected chi connectivity index (χ3v) is 4.73. The molecule has 1 heterocycles. The summed E-state index contributed by atoms with van der Waals surface area (Å²) in [5.74, 6) is -1.05. The van der Waals surface area contributed by atoms with Crippen LogP contribution < -0.4 is 10.6 Å². The van der Waals surface area contributed by atoms with Gasteiger partial charge in [0.05, 0.1) is 23.8 Å². The van der Waals surface area contributed by atoms with Crippen LogP contribution in [0.5, 0.6) is 0 Å². The molecule has 26 heavy (non-hydrogen) atoms. The third-order valence-electron chi connectivity index (χ3n) is 3.61.